The Morgan fingerprint density at radius 3 is 2.26 bits per heavy atom. The molecule has 1 saturated carbocycles. The summed E-state index contributed by atoms with van der Waals surface area (Å²) in [4.78, 5) is 9.45. The molecule has 1 fully saturated rings. The Morgan fingerprint density at radius 2 is 1.68 bits per heavy atom. The first-order valence-corrected chi connectivity index (χ1v) is 11.8. The minimum Gasteiger partial charge on any atom is -0.450 e. The fraction of sp³-hybridized carbons (Fsp3) is 0.227. The molecule has 2 atom stereocenters. The van der Waals surface area contributed by atoms with E-state index in [0.29, 0.717) is 4.21 Å². The van der Waals surface area contributed by atoms with Gasteiger partial charge in [0.1, 0.15) is 4.21 Å². The molecule has 0 saturated heterocycles. The number of carbonyl (C=O) groups is 1. The van der Waals surface area contributed by atoms with E-state index >= 15 is 0 Å². The summed E-state index contributed by atoms with van der Waals surface area (Å²) >= 11 is 1.26. The molecule has 4 rings (SSSR count). The van der Waals surface area contributed by atoms with Crippen molar-refractivity contribution in [2.45, 2.75) is 35.6 Å². The Morgan fingerprint density at radius 1 is 1.06 bits per heavy atom. The molecule has 4 N–H and O–H groups in total. The third-order valence-electron chi connectivity index (χ3n) is 5.24. The SMILES string of the molecule is C[C@]1(c2ccccc2)C[C@@H]1NS(=O)(=O)c1ccc(-c2ccc(CO)cc2)s1.O=C(O)O. The molecule has 0 amide bonds. The van der Waals surface area contributed by atoms with Gasteiger partial charge in [0.05, 0.1) is 6.61 Å². The topological polar surface area (TPSA) is 124 Å². The second kappa shape index (κ2) is 9.19. The molecule has 0 unspecified atom stereocenters. The minimum absolute atomic E-state index is 0.00413. The molecule has 7 nitrogen and oxygen atoms in total. The van der Waals surface area contributed by atoms with Gasteiger partial charge in [-0.05, 0) is 35.2 Å². The van der Waals surface area contributed by atoms with Crippen LogP contribution in [0.3, 0.4) is 0 Å². The molecule has 0 spiro atoms. The van der Waals surface area contributed by atoms with E-state index in [0.717, 1.165) is 28.0 Å². The van der Waals surface area contributed by atoms with E-state index < -0.39 is 16.2 Å². The summed E-state index contributed by atoms with van der Waals surface area (Å²) in [5.41, 5.74) is 2.79. The zero-order chi connectivity index (χ0) is 22.6. The highest BCUT2D eigenvalue weighted by atomic mass is 32.2. The van der Waals surface area contributed by atoms with Crippen molar-refractivity contribution in [2.75, 3.05) is 0 Å². The molecule has 1 aromatic heterocycles. The first kappa shape index (κ1) is 23.0. The lowest BCUT2D eigenvalue weighted by Gasteiger charge is -2.12. The van der Waals surface area contributed by atoms with Crippen molar-refractivity contribution in [1.29, 1.82) is 0 Å². The molecular weight excluding hydrogens is 438 g/mol. The number of hydrogen-bond acceptors (Lipinski definition) is 5. The fourth-order valence-corrected chi connectivity index (χ4v) is 5.99. The first-order chi connectivity index (χ1) is 14.7. The third kappa shape index (κ3) is 5.50. The Hall–Kier alpha value is -2.72. The van der Waals surface area contributed by atoms with E-state index in [4.69, 9.17) is 20.1 Å². The van der Waals surface area contributed by atoms with Crippen molar-refractivity contribution >= 4 is 27.5 Å². The second-order valence-corrected chi connectivity index (χ2v) is 10.4. The Kier molecular flexibility index (Phi) is 6.80. The first-order valence-electron chi connectivity index (χ1n) is 9.45. The average Bonchev–Trinajstić information content (AvgIpc) is 3.16. The number of benzene rings is 2. The number of carboxylic acid groups (broad SMARTS) is 2. The van der Waals surface area contributed by atoms with E-state index in [1.165, 1.54) is 11.3 Å². The largest absolute Gasteiger partial charge is 0.503 e. The van der Waals surface area contributed by atoms with E-state index in [-0.39, 0.29) is 18.1 Å². The number of rotatable bonds is 6. The second-order valence-electron chi connectivity index (χ2n) is 7.42. The standard InChI is InChI=1S/C21H21NO3S2.CH2O3/c1-21(17-5-3-2-4-6-17)13-19(21)22-27(24,25)20-12-11-18(26-20)16-9-7-15(14-23)8-10-16;2-1(3)4/h2-12,19,22-23H,13-14H2,1H3;(H2,2,3,4)/t19-,21+;/m0./s1. The predicted molar refractivity (Wildman–Crippen MR) is 119 cm³/mol. The van der Waals surface area contributed by atoms with Crippen molar-refractivity contribution in [2.24, 2.45) is 0 Å². The number of sulfonamides is 1. The number of thiophene rings is 1. The van der Waals surface area contributed by atoms with E-state index in [1.807, 2.05) is 60.7 Å². The smallest absolute Gasteiger partial charge is 0.450 e. The zero-order valence-corrected chi connectivity index (χ0v) is 18.4. The van der Waals surface area contributed by atoms with Crippen molar-refractivity contribution in [3.8, 4) is 10.4 Å². The van der Waals surface area contributed by atoms with Crippen molar-refractivity contribution in [3.63, 3.8) is 0 Å². The summed E-state index contributed by atoms with van der Waals surface area (Å²) in [5, 5.41) is 23.1. The van der Waals surface area contributed by atoms with Crippen LogP contribution in [0.25, 0.3) is 10.4 Å². The maximum Gasteiger partial charge on any atom is 0.503 e. The van der Waals surface area contributed by atoms with Gasteiger partial charge in [-0.25, -0.2) is 17.9 Å². The molecule has 3 aromatic rings. The number of aliphatic hydroxyl groups is 1. The predicted octanol–water partition coefficient (Wildman–Crippen LogP) is 4.14. The minimum atomic E-state index is -3.55. The van der Waals surface area contributed by atoms with Crippen LogP contribution in [-0.4, -0.2) is 35.9 Å². The molecule has 31 heavy (non-hydrogen) atoms. The Labute approximate surface area is 184 Å². The van der Waals surface area contributed by atoms with E-state index in [2.05, 4.69) is 11.6 Å². The lowest BCUT2D eigenvalue weighted by Crippen LogP contribution is -2.29. The van der Waals surface area contributed by atoms with Crippen LogP contribution in [0.1, 0.15) is 24.5 Å². The molecule has 0 radical (unpaired) electrons. The summed E-state index contributed by atoms with van der Waals surface area (Å²) < 4.78 is 28.8. The highest BCUT2D eigenvalue weighted by molar-refractivity contribution is 7.91. The van der Waals surface area contributed by atoms with E-state index in [1.54, 1.807) is 6.07 Å². The van der Waals surface area contributed by atoms with Crippen molar-refractivity contribution < 1.29 is 28.5 Å². The van der Waals surface area contributed by atoms with Gasteiger partial charge in [-0.3, -0.25) is 0 Å². The quantitative estimate of drug-likeness (QED) is 0.437. The van der Waals surface area contributed by atoms with Gasteiger partial charge in [0, 0.05) is 16.3 Å². The third-order valence-corrected chi connectivity index (χ3v) is 8.33. The van der Waals surface area contributed by atoms with Gasteiger partial charge < -0.3 is 15.3 Å². The molecule has 1 aliphatic rings. The summed E-state index contributed by atoms with van der Waals surface area (Å²) in [6.07, 6.45) is -1.03. The molecule has 2 aromatic carbocycles. The van der Waals surface area contributed by atoms with Crippen LogP contribution in [0.15, 0.2) is 70.9 Å². The van der Waals surface area contributed by atoms with Gasteiger partial charge >= 0.3 is 6.16 Å². The molecular formula is C22H23NO6S2. The van der Waals surface area contributed by atoms with Gasteiger partial charge in [-0.2, -0.15) is 0 Å². The number of nitrogens with one attached hydrogen (secondary N) is 1. The van der Waals surface area contributed by atoms with Gasteiger partial charge in [-0.1, -0.05) is 61.5 Å². The molecule has 9 heteroatoms. The van der Waals surface area contributed by atoms with Gasteiger partial charge in [0.25, 0.3) is 0 Å². The number of aliphatic hydroxyl groups excluding tert-OH is 1. The lowest BCUT2D eigenvalue weighted by atomic mass is 9.98. The maximum atomic E-state index is 12.8. The van der Waals surface area contributed by atoms with Crippen molar-refractivity contribution in [1.82, 2.24) is 4.72 Å². The van der Waals surface area contributed by atoms with Crippen LogP contribution < -0.4 is 4.72 Å². The summed E-state index contributed by atoms with van der Waals surface area (Å²) in [6, 6.07) is 20.9. The Bertz CT molecular complexity index is 1140. The van der Waals surface area contributed by atoms with Crippen molar-refractivity contribution in [3.05, 3.63) is 77.9 Å². The molecule has 164 valence electrons. The van der Waals surface area contributed by atoms with Gasteiger partial charge in [-0.15, -0.1) is 11.3 Å². The summed E-state index contributed by atoms with van der Waals surface area (Å²) in [6.45, 7) is 2.09. The highest BCUT2D eigenvalue weighted by Gasteiger charge is 2.53. The molecule has 0 bridgehead atoms. The van der Waals surface area contributed by atoms with Crippen LogP contribution in [-0.2, 0) is 22.0 Å². The van der Waals surface area contributed by atoms with Crippen LogP contribution in [0, 0.1) is 0 Å². The average molecular weight is 462 g/mol. The lowest BCUT2D eigenvalue weighted by molar-refractivity contribution is 0.137. The van der Waals surface area contributed by atoms with Crippen LogP contribution in [0.2, 0.25) is 0 Å². The van der Waals surface area contributed by atoms with Crippen LogP contribution in [0.4, 0.5) is 4.79 Å². The van der Waals surface area contributed by atoms with Crippen LogP contribution >= 0.6 is 11.3 Å². The summed E-state index contributed by atoms with van der Waals surface area (Å²) in [5.74, 6) is 0. The summed E-state index contributed by atoms with van der Waals surface area (Å²) in [7, 11) is -3.55. The fourth-order valence-electron chi connectivity index (χ4n) is 3.31. The number of hydrogen-bond donors (Lipinski definition) is 4. The monoisotopic (exact) mass is 461 g/mol. The van der Waals surface area contributed by atoms with Gasteiger partial charge in [0.15, 0.2) is 0 Å². The maximum absolute atomic E-state index is 12.8. The molecule has 1 aliphatic carbocycles. The molecule has 1 heterocycles. The Balaban J connectivity index is 0.000000628. The van der Waals surface area contributed by atoms with Crippen LogP contribution in [0.5, 0.6) is 0 Å². The zero-order valence-electron chi connectivity index (χ0n) is 16.7. The van der Waals surface area contributed by atoms with E-state index in [9.17, 15) is 8.42 Å². The van der Waals surface area contributed by atoms with Gasteiger partial charge in [0.2, 0.25) is 10.0 Å². The highest BCUT2D eigenvalue weighted by Crippen LogP contribution is 2.48. The normalized spacial score (nSPS) is 19.9. The molecule has 0 aliphatic heterocycles.